The molecule has 0 saturated heterocycles. The predicted octanol–water partition coefficient (Wildman–Crippen LogP) is 3.12. The molecule has 1 N–H and O–H groups in total. The van der Waals surface area contributed by atoms with Gasteiger partial charge in [0.25, 0.3) is 0 Å². The molecule has 1 aromatic rings. The summed E-state index contributed by atoms with van der Waals surface area (Å²) in [4.78, 5) is 15.8. The van der Waals surface area contributed by atoms with E-state index in [9.17, 15) is 4.79 Å². The van der Waals surface area contributed by atoms with Crippen LogP contribution in [0.4, 0.5) is 5.13 Å². The Morgan fingerprint density at radius 3 is 3.06 bits per heavy atom. The van der Waals surface area contributed by atoms with Gasteiger partial charge in [-0.15, -0.1) is 29.7 Å². The second-order valence-electron chi connectivity index (χ2n) is 3.58. The van der Waals surface area contributed by atoms with Crippen molar-refractivity contribution in [2.24, 2.45) is 0 Å². The molecule has 3 nitrogen and oxygen atoms in total. The van der Waals surface area contributed by atoms with E-state index in [1.165, 1.54) is 11.3 Å². The van der Waals surface area contributed by atoms with Crippen molar-refractivity contribution in [3.63, 3.8) is 0 Å². The first-order chi connectivity index (χ1) is 7.63. The van der Waals surface area contributed by atoms with Crippen molar-refractivity contribution in [2.75, 3.05) is 16.8 Å². The first-order valence-electron chi connectivity index (χ1n) is 5.07. The number of hydrogen-bond acceptors (Lipinski definition) is 4. The zero-order valence-electron chi connectivity index (χ0n) is 9.53. The average Bonchev–Trinajstić information content (AvgIpc) is 2.66. The van der Waals surface area contributed by atoms with Crippen molar-refractivity contribution in [3.05, 3.63) is 23.7 Å². The molecular weight excluding hydrogens is 240 g/mol. The SMILES string of the molecule is C=CCSCC(=O)Nc1nc(C(C)C)cs1. The van der Waals surface area contributed by atoms with E-state index < -0.39 is 0 Å². The average molecular weight is 256 g/mol. The number of thiazole rings is 1. The smallest absolute Gasteiger partial charge is 0.236 e. The number of anilines is 1. The fourth-order valence-corrected chi connectivity index (χ4v) is 2.43. The molecule has 1 aromatic heterocycles. The van der Waals surface area contributed by atoms with Gasteiger partial charge in [0.15, 0.2) is 5.13 Å². The largest absolute Gasteiger partial charge is 0.301 e. The van der Waals surface area contributed by atoms with Crippen LogP contribution in [-0.4, -0.2) is 22.4 Å². The summed E-state index contributed by atoms with van der Waals surface area (Å²) in [5.41, 5.74) is 1.03. The van der Waals surface area contributed by atoms with Crippen LogP contribution >= 0.6 is 23.1 Å². The number of aromatic nitrogens is 1. The molecule has 1 amide bonds. The molecule has 5 heteroatoms. The fourth-order valence-electron chi connectivity index (χ4n) is 0.999. The molecule has 0 aliphatic carbocycles. The number of carbonyl (C=O) groups is 1. The minimum absolute atomic E-state index is 0.00324. The summed E-state index contributed by atoms with van der Waals surface area (Å²) in [5.74, 6) is 1.64. The Morgan fingerprint density at radius 2 is 2.50 bits per heavy atom. The van der Waals surface area contributed by atoms with Crippen LogP contribution in [-0.2, 0) is 4.79 Å². The lowest BCUT2D eigenvalue weighted by molar-refractivity contribution is -0.113. The quantitative estimate of drug-likeness (QED) is 0.628. The molecule has 0 bridgehead atoms. The summed E-state index contributed by atoms with van der Waals surface area (Å²) in [7, 11) is 0. The van der Waals surface area contributed by atoms with E-state index in [0.717, 1.165) is 11.4 Å². The monoisotopic (exact) mass is 256 g/mol. The molecule has 0 atom stereocenters. The van der Waals surface area contributed by atoms with Gasteiger partial charge in [-0.25, -0.2) is 4.98 Å². The van der Waals surface area contributed by atoms with Crippen molar-refractivity contribution in [2.45, 2.75) is 19.8 Å². The molecule has 1 heterocycles. The minimum Gasteiger partial charge on any atom is -0.301 e. The highest BCUT2D eigenvalue weighted by Gasteiger charge is 2.08. The van der Waals surface area contributed by atoms with Crippen LogP contribution in [0.5, 0.6) is 0 Å². The molecule has 0 spiro atoms. The molecule has 16 heavy (non-hydrogen) atoms. The van der Waals surface area contributed by atoms with Gasteiger partial charge in [-0.3, -0.25) is 4.79 Å². The Hall–Kier alpha value is -0.810. The molecule has 0 radical (unpaired) electrons. The number of amides is 1. The summed E-state index contributed by atoms with van der Waals surface area (Å²) in [6.07, 6.45) is 1.79. The third-order valence-corrected chi connectivity index (χ3v) is 3.54. The minimum atomic E-state index is -0.00324. The first-order valence-corrected chi connectivity index (χ1v) is 7.10. The van der Waals surface area contributed by atoms with E-state index in [0.29, 0.717) is 16.8 Å². The Morgan fingerprint density at radius 1 is 1.75 bits per heavy atom. The van der Waals surface area contributed by atoms with Gasteiger partial charge in [0.05, 0.1) is 11.4 Å². The lowest BCUT2D eigenvalue weighted by Crippen LogP contribution is -2.14. The topological polar surface area (TPSA) is 42.0 Å². The first kappa shape index (κ1) is 13.3. The van der Waals surface area contributed by atoms with Crippen molar-refractivity contribution >= 4 is 34.1 Å². The van der Waals surface area contributed by atoms with Gasteiger partial charge < -0.3 is 5.32 Å². The van der Waals surface area contributed by atoms with Gasteiger partial charge in [-0.2, -0.15) is 0 Å². The number of carbonyl (C=O) groups excluding carboxylic acids is 1. The van der Waals surface area contributed by atoms with E-state index >= 15 is 0 Å². The summed E-state index contributed by atoms with van der Waals surface area (Å²) in [6.45, 7) is 7.77. The standard InChI is InChI=1S/C11H16N2OS2/c1-4-5-15-7-10(14)13-11-12-9(6-16-11)8(2)3/h4,6,8H,1,5,7H2,2-3H3,(H,12,13,14). The molecule has 0 aromatic carbocycles. The number of rotatable bonds is 6. The lowest BCUT2D eigenvalue weighted by Gasteiger charge is -2.00. The van der Waals surface area contributed by atoms with Gasteiger partial charge in [-0.1, -0.05) is 19.9 Å². The van der Waals surface area contributed by atoms with Crippen LogP contribution in [0.15, 0.2) is 18.0 Å². The molecule has 0 fully saturated rings. The van der Waals surface area contributed by atoms with Crippen LogP contribution in [0.25, 0.3) is 0 Å². The third kappa shape index (κ3) is 4.37. The second-order valence-corrected chi connectivity index (χ2v) is 5.47. The van der Waals surface area contributed by atoms with Gasteiger partial charge >= 0.3 is 0 Å². The highest BCUT2D eigenvalue weighted by atomic mass is 32.2. The number of nitrogens with zero attached hydrogens (tertiary/aromatic N) is 1. The van der Waals surface area contributed by atoms with Crippen molar-refractivity contribution < 1.29 is 4.79 Å². The van der Waals surface area contributed by atoms with Crippen molar-refractivity contribution in [1.29, 1.82) is 0 Å². The zero-order valence-corrected chi connectivity index (χ0v) is 11.2. The van der Waals surface area contributed by atoms with Crippen LogP contribution in [0.2, 0.25) is 0 Å². The van der Waals surface area contributed by atoms with Crippen molar-refractivity contribution in [1.82, 2.24) is 4.98 Å². The summed E-state index contributed by atoms with van der Waals surface area (Å²) >= 11 is 3.01. The Bertz CT molecular complexity index is 361. The molecule has 0 aliphatic rings. The number of nitrogens with one attached hydrogen (secondary N) is 1. The maximum atomic E-state index is 11.5. The molecule has 88 valence electrons. The number of thioether (sulfide) groups is 1. The van der Waals surface area contributed by atoms with E-state index in [1.807, 2.05) is 5.38 Å². The van der Waals surface area contributed by atoms with Gasteiger partial charge in [-0.05, 0) is 5.92 Å². The van der Waals surface area contributed by atoms with Crippen LogP contribution in [0, 0.1) is 0 Å². The number of hydrogen-bond donors (Lipinski definition) is 1. The van der Waals surface area contributed by atoms with Crippen LogP contribution in [0.3, 0.4) is 0 Å². The van der Waals surface area contributed by atoms with E-state index in [-0.39, 0.29) is 5.91 Å². The second kappa shape index (κ2) is 6.70. The normalized spacial score (nSPS) is 10.4. The molecular formula is C11H16N2OS2. The summed E-state index contributed by atoms with van der Waals surface area (Å²) in [5, 5.41) is 5.46. The van der Waals surface area contributed by atoms with Gasteiger partial charge in [0.1, 0.15) is 0 Å². The molecule has 1 rings (SSSR count). The Labute approximate surface area is 104 Å². The Kier molecular flexibility index (Phi) is 5.55. The lowest BCUT2D eigenvalue weighted by atomic mass is 10.2. The van der Waals surface area contributed by atoms with E-state index in [2.05, 4.69) is 30.7 Å². The molecule has 0 unspecified atom stereocenters. The summed E-state index contributed by atoms with van der Waals surface area (Å²) < 4.78 is 0. The highest BCUT2D eigenvalue weighted by molar-refractivity contribution is 8.00. The maximum absolute atomic E-state index is 11.5. The Balaban J connectivity index is 2.40. The predicted molar refractivity (Wildman–Crippen MR) is 72.4 cm³/mol. The van der Waals surface area contributed by atoms with Crippen molar-refractivity contribution in [3.8, 4) is 0 Å². The van der Waals surface area contributed by atoms with Gasteiger partial charge in [0, 0.05) is 11.1 Å². The fraction of sp³-hybridized carbons (Fsp3) is 0.455. The summed E-state index contributed by atoms with van der Waals surface area (Å²) in [6, 6.07) is 0. The molecule has 0 saturated carbocycles. The maximum Gasteiger partial charge on any atom is 0.236 e. The highest BCUT2D eigenvalue weighted by Crippen LogP contribution is 2.21. The van der Waals surface area contributed by atoms with E-state index in [4.69, 9.17) is 0 Å². The van der Waals surface area contributed by atoms with Crippen LogP contribution in [0.1, 0.15) is 25.5 Å². The van der Waals surface area contributed by atoms with E-state index in [1.54, 1.807) is 17.8 Å². The zero-order chi connectivity index (χ0) is 12.0. The van der Waals surface area contributed by atoms with Crippen LogP contribution < -0.4 is 5.32 Å². The molecule has 0 aliphatic heterocycles. The third-order valence-electron chi connectivity index (χ3n) is 1.83. The van der Waals surface area contributed by atoms with Gasteiger partial charge in [0.2, 0.25) is 5.91 Å².